The Bertz CT molecular complexity index is 667. The number of rotatable bonds is 7. The molecule has 2 heterocycles. The van der Waals surface area contributed by atoms with Crippen LogP contribution in [0.4, 0.5) is 5.82 Å². The number of pyridine rings is 1. The molecule has 0 atom stereocenters. The van der Waals surface area contributed by atoms with E-state index in [2.05, 4.69) is 28.9 Å². The number of hydrogen-bond donors (Lipinski definition) is 2. The van der Waals surface area contributed by atoms with Crippen molar-refractivity contribution in [2.45, 2.75) is 30.5 Å². The summed E-state index contributed by atoms with van der Waals surface area (Å²) in [6.07, 6.45) is 2.37. The minimum atomic E-state index is -3.55. The molecule has 21 heavy (non-hydrogen) atoms. The number of thiophene rings is 1. The van der Waals surface area contributed by atoms with Crippen LogP contribution in [0.5, 0.6) is 0 Å². The van der Waals surface area contributed by atoms with Crippen LogP contribution in [0.2, 0.25) is 0 Å². The minimum absolute atomic E-state index is 0.313. The average molecular weight is 325 g/mol. The predicted molar refractivity (Wildman–Crippen MR) is 86.2 cm³/mol. The number of nitrogens with one attached hydrogen (secondary N) is 2. The number of anilines is 1. The van der Waals surface area contributed by atoms with Gasteiger partial charge in [0.2, 0.25) is 0 Å². The lowest BCUT2D eigenvalue weighted by Gasteiger charge is -2.06. The van der Waals surface area contributed by atoms with Crippen molar-refractivity contribution in [3.05, 3.63) is 41.4 Å². The van der Waals surface area contributed by atoms with Crippen molar-refractivity contribution >= 4 is 27.2 Å². The maximum atomic E-state index is 12.2. The van der Waals surface area contributed by atoms with Crippen molar-refractivity contribution in [2.75, 3.05) is 11.3 Å². The molecule has 0 spiro atoms. The van der Waals surface area contributed by atoms with Crippen molar-refractivity contribution in [3.8, 4) is 0 Å². The lowest BCUT2D eigenvalue weighted by Crippen LogP contribution is -2.24. The number of aromatic nitrogens is 1. The molecule has 0 unspecified atom stereocenters. The molecule has 2 rings (SSSR count). The van der Waals surface area contributed by atoms with Crippen molar-refractivity contribution in [3.63, 3.8) is 0 Å². The lowest BCUT2D eigenvalue weighted by molar-refractivity contribution is 0.592. The first-order chi connectivity index (χ1) is 9.97. The van der Waals surface area contributed by atoms with Crippen molar-refractivity contribution in [2.24, 2.45) is 0 Å². The maximum absolute atomic E-state index is 12.2. The third-order valence-corrected chi connectivity index (χ3v) is 5.72. The van der Waals surface area contributed by atoms with Gasteiger partial charge in [-0.2, -0.15) is 0 Å². The SMILES string of the molecule is CC(C)NCCc1ccc(S(=O)(=O)Nc2ccccn2)s1. The minimum Gasteiger partial charge on any atom is -0.314 e. The first kappa shape index (κ1) is 15.9. The molecule has 5 nitrogen and oxygen atoms in total. The Kier molecular flexibility index (Phi) is 5.33. The molecule has 0 aromatic carbocycles. The Morgan fingerprint density at radius 3 is 2.71 bits per heavy atom. The Labute approximate surface area is 129 Å². The molecule has 0 fully saturated rings. The van der Waals surface area contributed by atoms with Gasteiger partial charge in [0.15, 0.2) is 0 Å². The largest absolute Gasteiger partial charge is 0.314 e. The summed E-state index contributed by atoms with van der Waals surface area (Å²) in [5, 5.41) is 3.31. The molecule has 2 aromatic rings. The lowest BCUT2D eigenvalue weighted by atomic mass is 10.3. The first-order valence-corrected chi connectivity index (χ1v) is 9.03. The van der Waals surface area contributed by atoms with E-state index in [9.17, 15) is 8.42 Å². The van der Waals surface area contributed by atoms with Gasteiger partial charge in [-0.05, 0) is 30.7 Å². The second-order valence-electron chi connectivity index (χ2n) is 4.90. The molecule has 0 saturated heterocycles. The highest BCUT2D eigenvalue weighted by atomic mass is 32.2. The van der Waals surface area contributed by atoms with Gasteiger partial charge in [-0.1, -0.05) is 19.9 Å². The van der Waals surface area contributed by atoms with Gasteiger partial charge in [-0.15, -0.1) is 11.3 Å². The highest BCUT2D eigenvalue weighted by Gasteiger charge is 2.17. The zero-order valence-corrected chi connectivity index (χ0v) is 13.7. The summed E-state index contributed by atoms with van der Waals surface area (Å²) in [6, 6.07) is 9.03. The second kappa shape index (κ2) is 7.02. The van der Waals surface area contributed by atoms with E-state index >= 15 is 0 Å². The summed E-state index contributed by atoms with van der Waals surface area (Å²) < 4.78 is 27.3. The van der Waals surface area contributed by atoms with Crippen molar-refractivity contribution in [1.29, 1.82) is 0 Å². The standard InChI is InChI=1S/C14H19N3O2S2/c1-11(2)15-10-8-12-6-7-14(20-12)21(18,19)17-13-5-3-4-9-16-13/h3-7,9,11,15H,8,10H2,1-2H3,(H,16,17). The third kappa shape index (κ3) is 4.80. The van der Waals surface area contributed by atoms with Gasteiger partial charge < -0.3 is 5.32 Å². The molecular weight excluding hydrogens is 306 g/mol. The van der Waals surface area contributed by atoms with E-state index in [1.807, 2.05) is 6.07 Å². The van der Waals surface area contributed by atoms with Gasteiger partial charge in [-0.25, -0.2) is 13.4 Å². The summed E-state index contributed by atoms with van der Waals surface area (Å²) in [5.74, 6) is 0.328. The van der Waals surface area contributed by atoms with Crippen LogP contribution in [0.15, 0.2) is 40.7 Å². The smallest absolute Gasteiger partial charge is 0.272 e. The zero-order valence-electron chi connectivity index (χ0n) is 12.0. The molecule has 0 saturated carbocycles. The van der Waals surface area contributed by atoms with Crippen molar-refractivity contribution < 1.29 is 8.42 Å². The van der Waals surface area contributed by atoms with Crippen LogP contribution < -0.4 is 10.0 Å². The number of sulfonamides is 1. The van der Waals surface area contributed by atoms with Gasteiger partial charge in [0.25, 0.3) is 10.0 Å². The molecule has 0 bridgehead atoms. The molecule has 0 aliphatic carbocycles. The van der Waals surface area contributed by atoms with Gasteiger partial charge in [0.1, 0.15) is 10.0 Å². The average Bonchev–Trinajstić information content (AvgIpc) is 2.88. The number of nitrogens with zero attached hydrogens (tertiary/aromatic N) is 1. The van der Waals surface area contributed by atoms with Crippen LogP contribution in [-0.2, 0) is 16.4 Å². The molecule has 0 amide bonds. The Hall–Kier alpha value is -1.44. The molecule has 2 N–H and O–H groups in total. The van der Waals surface area contributed by atoms with Crippen molar-refractivity contribution in [1.82, 2.24) is 10.3 Å². The van der Waals surface area contributed by atoms with Crippen LogP contribution in [0.1, 0.15) is 18.7 Å². The summed E-state index contributed by atoms with van der Waals surface area (Å²) >= 11 is 1.29. The highest BCUT2D eigenvalue weighted by Crippen LogP contribution is 2.23. The van der Waals surface area contributed by atoms with E-state index in [4.69, 9.17) is 0 Å². The van der Waals surface area contributed by atoms with Gasteiger partial charge in [0, 0.05) is 23.7 Å². The van der Waals surface area contributed by atoms with Gasteiger partial charge in [0.05, 0.1) is 0 Å². The van der Waals surface area contributed by atoms with E-state index in [0.29, 0.717) is 16.1 Å². The van der Waals surface area contributed by atoms with E-state index in [0.717, 1.165) is 17.8 Å². The van der Waals surface area contributed by atoms with E-state index < -0.39 is 10.0 Å². The van der Waals surface area contributed by atoms with E-state index in [1.165, 1.54) is 11.3 Å². The third-order valence-electron chi connectivity index (χ3n) is 2.73. The van der Waals surface area contributed by atoms with Crippen LogP contribution >= 0.6 is 11.3 Å². The van der Waals surface area contributed by atoms with Crippen LogP contribution in [0.3, 0.4) is 0 Å². The first-order valence-electron chi connectivity index (χ1n) is 6.73. The highest BCUT2D eigenvalue weighted by molar-refractivity contribution is 7.94. The van der Waals surface area contributed by atoms with Crippen LogP contribution in [0.25, 0.3) is 0 Å². The fourth-order valence-electron chi connectivity index (χ4n) is 1.73. The monoisotopic (exact) mass is 325 g/mol. The fourth-order valence-corrected chi connectivity index (χ4v) is 4.10. The topological polar surface area (TPSA) is 71.1 Å². The van der Waals surface area contributed by atoms with Crippen LogP contribution in [0, 0.1) is 0 Å². The molecule has 114 valence electrons. The van der Waals surface area contributed by atoms with Gasteiger partial charge in [-0.3, -0.25) is 4.72 Å². The summed E-state index contributed by atoms with van der Waals surface area (Å²) in [4.78, 5) is 5.02. The summed E-state index contributed by atoms with van der Waals surface area (Å²) in [7, 11) is -3.55. The molecule has 0 aliphatic heterocycles. The molecule has 7 heteroatoms. The maximum Gasteiger partial charge on any atom is 0.272 e. The molecular formula is C14H19N3O2S2. The molecule has 0 radical (unpaired) electrons. The Balaban J connectivity index is 2.02. The predicted octanol–water partition coefficient (Wildman–Crippen LogP) is 2.48. The quantitative estimate of drug-likeness (QED) is 0.820. The molecule has 0 aliphatic rings. The van der Waals surface area contributed by atoms with Crippen LogP contribution in [-0.4, -0.2) is 26.0 Å². The Morgan fingerprint density at radius 1 is 1.24 bits per heavy atom. The summed E-state index contributed by atoms with van der Waals surface area (Å²) in [6.45, 7) is 5.01. The normalized spacial score (nSPS) is 11.8. The van der Waals surface area contributed by atoms with E-state index in [-0.39, 0.29) is 0 Å². The second-order valence-corrected chi connectivity index (χ2v) is 7.98. The molecule has 2 aromatic heterocycles. The number of hydrogen-bond acceptors (Lipinski definition) is 5. The Morgan fingerprint density at radius 2 is 2.05 bits per heavy atom. The summed E-state index contributed by atoms with van der Waals surface area (Å²) in [5.41, 5.74) is 0. The zero-order chi connectivity index (χ0) is 15.3. The van der Waals surface area contributed by atoms with E-state index in [1.54, 1.807) is 30.5 Å². The van der Waals surface area contributed by atoms with Gasteiger partial charge >= 0.3 is 0 Å². The fraction of sp³-hybridized carbons (Fsp3) is 0.357.